The molecular formula is C11H19N3. The normalized spacial score (nSPS) is 12.6. The Morgan fingerprint density at radius 3 is 2.71 bits per heavy atom. The molecule has 0 aliphatic rings. The summed E-state index contributed by atoms with van der Waals surface area (Å²) in [5, 5.41) is 0. The number of aryl methyl sites for hydroxylation is 1. The minimum absolute atomic E-state index is 0.464. The molecule has 0 spiro atoms. The third-order valence-corrected chi connectivity index (χ3v) is 2.63. The number of nitrogens with two attached hydrogens (primary N) is 1. The number of pyridine rings is 1. The fourth-order valence-electron chi connectivity index (χ4n) is 1.32. The third-order valence-electron chi connectivity index (χ3n) is 2.63. The Morgan fingerprint density at radius 2 is 2.14 bits per heavy atom. The molecule has 78 valence electrons. The Labute approximate surface area is 85.9 Å². The zero-order chi connectivity index (χ0) is 10.7. The van der Waals surface area contributed by atoms with Crippen molar-refractivity contribution in [3.8, 4) is 0 Å². The van der Waals surface area contributed by atoms with E-state index in [1.807, 2.05) is 26.1 Å². The molecule has 1 aromatic rings. The van der Waals surface area contributed by atoms with Crippen molar-refractivity contribution in [2.75, 3.05) is 17.7 Å². The second-order valence-electron chi connectivity index (χ2n) is 3.73. The van der Waals surface area contributed by atoms with E-state index >= 15 is 0 Å². The zero-order valence-corrected chi connectivity index (χ0v) is 9.41. The van der Waals surface area contributed by atoms with Gasteiger partial charge in [-0.2, -0.15) is 0 Å². The van der Waals surface area contributed by atoms with E-state index in [4.69, 9.17) is 5.73 Å². The fourth-order valence-corrected chi connectivity index (χ4v) is 1.32. The minimum Gasteiger partial charge on any atom is -0.396 e. The van der Waals surface area contributed by atoms with Crippen LogP contribution in [0.25, 0.3) is 0 Å². The Bertz CT molecular complexity index is 309. The molecule has 0 aromatic carbocycles. The summed E-state index contributed by atoms with van der Waals surface area (Å²) < 4.78 is 0. The van der Waals surface area contributed by atoms with Crippen molar-refractivity contribution in [1.82, 2.24) is 4.98 Å². The summed E-state index contributed by atoms with van der Waals surface area (Å²) in [6.45, 7) is 6.31. The molecule has 0 amide bonds. The Kier molecular flexibility index (Phi) is 3.33. The van der Waals surface area contributed by atoms with Gasteiger partial charge in [-0.15, -0.1) is 0 Å². The quantitative estimate of drug-likeness (QED) is 0.800. The molecule has 3 heteroatoms. The maximum absolute atomic E-state index is 5.88. The minimum atomic E-state index is 0.464. The summed E-state index contributed by atoms with van der Waals surface area (Å²) in [7, 11) is 2.03. The van der Waals surface area contributed by atoms with E-state index in [2.05, 4.69) is 23.7 Å². The molecule has 0 aliphatic carbocycles. The second kappa shape index (κ2) is 4.31. The van der Waals surface area contributed by atoms with Crippen LogP contribution in [-0.2, 0) is 0 Å². The largest absolute Gasteiger partial charge is 0.396 e. The van der Waals surface area contributed by atoms with E-state index in [9.17, 15) is 0 Å². The molecule has 1 rings (SSSR count). The SMILES string of the molecule is CCC(C)N(C)c1nc(C)ccc1N. The van der Waals surface area contributed by atoms with Crippen LogP contribution in [0.2, 0.25) is 0 Å². The van der Waals surface area contributed by atoms with Crippen molar-refractivity contribution in [3.63, 3.8) is 0 Å². The first kappa shape index (κ1) is 10.8. The van der Waals surface area contributed by atoms with Crippen LogP contribution in [0, 0.1) is 6.92 Å². The molecule has 2 N–H and O–H groups in total. The average Bonchev–Trinajstić information content (AvgIpc) is 2.19. The van der Waals surface area contributed by atoms with Crippen molar-refractivity contribution >= 4 is 11.5 Å². The van der Waals surface area contributed by atoms with Crippen LogP contribution in [0.3, 0.4) is 0 Å². The lowest BCUT2D eigenvalue weighted by Crippen LogP contribution is -2.29. The van der Waals surface area contributed by atoms with Crippen LogP contribution in [0.15, 0.2) is 12.1 Å². The van der Waals surface area contributed by atoms with E-state index in [0.29, 0.717) is 6.04 Å². The highest BCUT2D eigenvalue weighted by Crippen LogP contribution is 2.21. The molecule has 3 nitrogen and oxygen atoms in total. The van der Waals surface area contributed by atoms with Gasteiger partial charge in [0.1, 0.15) is 0 Å². The maximum Gasteiger partial charge on any atom is 0.152 e. The number of nitrogens with zero attached hydrogens (tertiary/aromatic N) is 2. The molecular weight excluding hydrogens is 174 g/mol. The lowest BCUT2D eigenvalue weighted by molar-refractivity contribution is 0.657. The van der Waals surface area contributed by atoms with Crippen LogP contribution in [-0.4, -0.2) is 18.1 Å². The molecule has 0 aliphatic heterocycles. The standard InChI is InChI=1S/C11H19N3/c1-5-9(3)14(4)11-10(12)7-6-8(2)13-11/h6-7,9H,5,12H2,1-4H3. The van der Waals surface area contributed by atoms with Gasteiger partial charge in [0.25, 0.3) is 0 Å². The number of hydrogen-bond acceptors (Lipinski definition) is 3. The first-order valence-electron chi connectivity index (χ1n) is 5.02. The number of anilines is 2. The van der Waals surface area contributed by atoms with Crippen molar-refractivity contribution in [3.05, 3.63) is 17.8 Å². The van der Waals surface area contributed by atoms with Crippen LogP contribution in [0.4, 0.5) is 11.5 Å². The predicted octanol–water partition coefficient (Wildman–Crippen LogP) is 2.21. The van der Waals surface area contributed by atoms with E-state index in [1.165, 1.54) is 0 Å². The summed E-state index contributed by atoms with van der Waals surface area (Å²) >= 11 is 0. The first-order valence-corrected chi connectivity index (χ1v) is 5.02. The summed E-state index contributed by atoms with van der Waals surface area (Å²) in [4.78, 5) is 6.57. The Hall–Kier alpha value is -1.25. The summed E-state index contributed by atoms with van der Waals surface area (Å²) in [5.41, 5.74) is 7.63. The number of hydrogen-bond donors (Lipinski definition) is 1. The van der Waals surface area contributed by atoms with Crippen molar-refractivity contribution in [1.29, 1.82) is 0 Å². The molecule has 0 fully saturated rings. The molecule has 0 radical (unpaired) electrons. The van der Waals surface area contributed by atoms with Crippen molar-refractivity contribution in [2.24, 2.45) is 0 Å². The van der Waals surface area contributed by atoms with Gasteiger partial charge in [-0.1, -0.05) is 6.92 Å². The third kappa shape index (κ3) is 2.16. The van der Waals surface area contributed by atoms with Crippen molar-refractivity contribution in [2.45, 2.75) is 33.2 Å². The smallest absolute Gasteiger partial charge is 0.152 e. The molecule has 0 bridgehead atoms. The van der Waals surface area contributed by atoms with Gasteiger partial charge in [0.15, 0.2) is 5.82 Å². The Balaban J connectivity index is 2.99. The van der Waals surface area contributed by atoms with Gasteiger partial charge in [-0.25, -0.2) is 4.98 Å². The van der Waals surface area contributed by atoms with Crippen LogP contribution < -0.4 is 10.6 Å². The molecule has 1 heterocycles. The predicted molar refractivity (Wildman–Crippen MR) is 61.5 cm³/mol. The van der Waals surface area contributed by atoms with Gasteiger partial charge in [0, 0.05) is 18.8 Å². The summed E-state index contributed by atoms with van der Waals surface area (Å²) in [5.74, 6) is 0.888. The number of rotatable bonds is 3. The van der Waals surface area contributed by atoms with E-state index in [1.54, 1.807) is 0 Å². The van der Waals surface area contributed by atoms with Crippen LogP contribution >= 0.6 is 0 Å². The monoisotopic (exact) mass is 193 g/mol. The lowest BCUT2D eigenvalue weighted by Gasteiger charge is -2.26. The highest BCUT2D eigenvalue weighted by molar-refractivity contribution is 5.62. The van der Waals surface area contributed by atoms with Gasteiger partial charge in [0.05, 0.1) is 5.69 Å². The van der Waals surface area contributed by atoms with Crippen LogP contribution in [0.5, 0.6) is 0 Å². The molecule has 0 saturated heterocycles. The van der Waals surface area contributed by atoms with Crippen LogP contribution in [0.1, 0.15) is 26.0 Å². The van der Waals surface area contributed by atoms with Gasteiger partial charge in [0.2, 0.25) is 0 Å². The van der Waals surface area contributed by atoms with Gasteiger partial charge < -0.3 is 10.6 Å². The highest BCUT2D eigenvalue weighted by Gasteiger charge is 2.11. The summed E-state index contributed by atoms with van der Waals surface area (Å²) in [6.07, 6.45) is 1.09. The molecule has 14 heavy (non-hydrogen) atoms. The van der Waals surface area contributed by atoms with Crippen molar-refractivity contribution < 1.29 is 0 Å². The van der Waals surface area contributed by atoms with Gasteiger partial charge in [-0.05, 0) is 32.4 Å². The second-order valence-corrected chi connectivity index (χ2v) is 3.73. The molecule has 0 saturated carbocycles. The number of aromatic nitrogens is 1. The zero-order valence-electron chi connectivity index (χ0n) is 9.41. The molecule has 1 unspecified atom stereocenters. The Morgan fingerprint density at radius 1 is 1.50 bits per heavy atom. The topological polar surface area (TPSA) is 42.2 Å². The molecule has 1 atom stereocenters. The first-order chi connectivity index (χ1) is 6.56. The number of nitrogen functional groups attached to an aromatic ring is 1. The van der Waals surface area contributed by atoms with E-state index in [-0.39, 0.29) is 0 Å². The highest BCUT2D eigenvalue weighted by atomic mass is 15.2. The van der Waals surface area contributed by atoms with E-state index in [0.717, 1.165) is 23.6 Å². The van der Waals surface area contributed by atoms with Gasteiger partial charge in [-0.3, -0.25) is 0 Å². The van der Waals surface area contributed by atoms with Gasteiger partial charge >= 0.3 is 0 Å². The average molecular weight is 193 g/mol. The molecule has 1 aromatic heterocycles. The summed E-state index contributed by atoms with van der Waals surface area (Å²) in [6, 6.07) is 4.31. The van der Waals surface area contributed by atoms with E-state index < -0.39 is 0 Å². The lowest BCUT2D eigenvalue weighted by atomic mass is 10.2. The maximum atomic E-state index is 5.88. The fraction of sp³-hybridized carbons (Fsp3) is 0.545.